The smallest absolute Gasteiger partial charge is 0.340 e. The highest BCUT2D eigenvalue weighted by atomic mass is 19.1. The summed E-state index contributed by atoms with van der Waals surface area (Å²) in [5.41, 5.74) is 1.14. The largest absolute Gasteiger partial charge is 0.462 e. The molecule has 0 unspecified atom stereocenters. The molecular weight excluding hydrogens is 385 g/mol. The van der Waals surface area contributed by atoms with Crippen molar-refractivity contribution >= 4 is 17.6 Å². The molecule has 6 nitrogen and oxygen atoms in total. The third-order valence-electron chi connectivity index (χ3n) is 4.18. The van der Waals surface area contributed by atoms with Crippen molar-refractivity contribution in [2.75, 3.05) is 18.5 Å². The maximum atomic E-state index is 13.2. The summed E-state index contributed by atoms with van der Waals surface area (Å²) in [4.78, 5) is 24.7. The molecule has 0 aliphatic rings. The fourth-order valence-corrected chi connectivity index (χ4v) is 2.58. The number of amides is 1. The van der Waals surface area contributed by atoms with Crippen molar-refractivity contribution in [3.63, 3.8) is 0 Å². The topological polar surface area (TPSA) is 91.2 Å². The predicted octanol–water partition coefficient (Wildman–Crippen LogP) is 3.96. The molecular formula is C23H24FN3O3. The maximum absolute atomic E-state index is 13.2. The molecule has 2 aromatic carbocycles. The van der Waals surface area contributed by atoms with E-state index >= 15 is 0 Å². The number of para-hydroxylation sites is 1. The van der Waals surface area contributed by atoms with E-state index in [9.17, 15) is 19.2 Å². The average molecular weight is 409 g/mol. The Morgan fingerprint density at radius 2 is 2.00 bits per heavy atom. The summed E-state index contributed by atoms with van der Waals surface area (Å²) in [5.74, 6) is -1.49. The number of hydrogen-bond acceptors (Lipinski definition) is 5. The van der Waals surface area contributed by atoms with Crippen LogP contribution in [0.5, 0.6) is 0 Å². The standard InChI is InChI=1S/C23H24FN3O3/c1-2-3-13-30-23(29)20-9-4-5-10-21(20)27-22(28)18(15-25)16-26-12-11-17-7-6-8-19(24)14-17/h4-10,14,16,26H,2-3,11-13H2,1H3,(H,27,28)/b18-16-. The van der Waals surface area contributed by atoms with Gasteiger partial charge in [-0.25, -0.2) is 9.18 Å². The lowest BCUT2D eigenvalue weighted by molar-refractivity contribution is -0.112. The van der Waals surface area contributed by atoms with Crippen LogP contribution in [0.25, 0.3) is 0 Å². The molecule has 30 heavy (non-hydrogen) atoms. The molecule has 0 saturated heterocycles. The van der Waals surface area contributed by atoms with Crippen LogP contribution in [0.3, 0.4) is 0 Å². The molecule has 0 bridgehead atoms. The summed E-state index contributed by atoms with van der Waals surface area (Å²) in [7, 11) is 0. The van der Waals surface area contributed by atoms with Crippen LogP contribution >= 0.6 is 0 Å². The van der Waals surface area contributed by atoms with Crippen LogP contribution in [0.1, 0.15) is 35.7 Å². The summed E-state index contributed by atoms with van der Waals surface area (Å²) >= 11 is 0. The number of ether oxygens (including phenoxy) is 1. The molecule has 1 amide bonds. The Kier molecular flexibility index (Phi) is 9.07. The molecule has 2 rings (SSSR count). The fourth-order valence-electron chi connectivity index (χ4n) is 2.58. The number of rotatable bonds is 10. The lowest BCUT2D eigenvalue weighted by atomic mass is 10.1. The fraction of sp³-hybridized carbons (Fsp3) is 0.261. The third kappa shape index (κ3) is 7.06. The van der Waals surface area contributed by atoms with Gasteiger partial charge in [0, 0.05) is 12.7 Å². The van der Waals surface area contributed by atoms with Gasteiger partial charge in [0.05, 0.1) is 17.9 Å². The van der Waals surface area contributed by atoms with E-state index in [0.29, 0.717) is 19.6 Å². The highest BCUT2D eigenvalue weighted by Gasteiger charge is 2.16. The normalized spacial score (nSPS) is 10.8. The third-order valence-corrected chi connectivity index (χ3v) is 4.18. The highest BCUT2D eigenvalue weighted by Crippen LogP contribution is 2.17. The van der Waals surface area contributed by atoms with Gasteiger partial charge in [0.15, 0.2) is 0 Å². The second kappa shape index (κ2) is 12.0. The van der Waals surface area contributed by atoms with Crippen molar-refractivity contribution in [3.8, 4) is 6.07 Å². The lowest BCUT2D eigenvalue weighted by Crippen LogP contribution is -2.19. The van der Waals surface area contributed by atoms with Crippen LogP contribution in [0, 0.1) is 17.1 Å². The molecule has 0 saturated carbocycles. The number of esters is 1. The molecule has 7 heteroatoms. The number of halogens is 1. The molecule has 0 atom stereocenters. The number of anilines is 1. The van der Waals surface area contributed by atoms with E-state index < -0.39 is 11.9 Å². The van der Waals surface area contributed by atoms with Crippen LogP contribution in [0.2, 0.25) is 0 Å². The van der Waals surface area contributed by atoms with E-state index in [1.165, 1.54) is 18.3 Å². The molecule has 0 heterocycles. The van der Waals surface area contributed by atoms with E-state index in [1.807, 2.05) is 13.0 Å². The van der Waals surface area contributed by atoms with Gasteiger partial charge in [-0.3, -0.25) is 4.79 Å². The molecule has 0 spiro atoms. The number of carbonyl (C=O) groups is 2. The number of hydrogen-bond donors (Lipinski definition) is 2. The van der Waals surface area contributed by atoms with Gasteiger partial charge in [-0.15, -0.1) is 0 Å². The molecule has 0 radical (unpaired) electrons. The number of unbranched alkanes of at least 4 members (excludes halogenated alkanes) is 1. The van der Waals surface area contributed by atoms with Crippen LogP contribution in [-0.4, -0.2) is 25.0 Å². The number of nitrogens with one attached hydrogen (secondary N) is 2. The number of nitriles is 1. The zero-order valence-electron chi connectivity index (χ0n) is 16.8. The van der Waals surface area contributed by atoms with E-state index in [4.69, 9.17) is 4.74 Å². The van der Waals surface area contributed by atoms with Crippen LogP contribution in [0.15, 0.2) is 60.3 Å². The van der Waals surface area contributed by atoms with E-state index in [0.717, 1.165) is 18.4 Å². The quantitative estimate of drug-likeness (QED) is 0.268. The molecule has 0 aliphatic carbocycles. The average Bonchev–Trinajstić information content (AvgIpc) is 2.74. The van der Waals surface area contributed by atoms with Gasteiger partial charge in [0.2, 0.25) is 0 Å². The summed E-state index contributed by atoms with van der Waals surface area (Å²) in [5, 5.41) is 14.8. The first-order valence-electron chi connectivity index (χ1n) is 9.70. The number of benzene rings is 2. The Morgan fingerprint density at radius 3 is 2.73 bits per heavy atom. The van der Waals surface area contributed by atoms with Crippen LogP contribution in [0.4, 0.5) is 10.1 Å². The first-order valence-corrected chi connectivity index (χ1v) is 9.70. The van der Waals surface area contributed by atoms with Gasteiger partial charge in [0.25, 0.3) is 5.91 Å². The van der Waals surface area contributed by atoms with Crippen molar-refractivity contribution in [1.29, 1.82) is 5.26 Å². The molecule has 2 aromatic rings. The predicted molar refractivity (Wildman–Crippen MR) is 112 cm³/mol. The summed E-state index contributed by atoms with van der Waals surface area (Å²) in [6.45, 7) is 2.71. The molecule has 0 aromatic heterocycles. The maximum Gasteiger partial charge on any atom is 0.340 e. The summed E-state index contributed by atoms with van der Waals surface area (Å²) in [6.07, 6.45) is 3.48. The summed E-state index contributed by atoms with van der Waals surface area (Å²) in [6, 6.07) is 14.5. The Labute approximate surface area is 175 Å². The van der Waals surface area contributed by atoms with Crippen molar-refractivity contribution in [1.82, 2.24) is 5.32 Å². The first-order chi connectivity index (χ1) is 14.5. The molecule has 156 valence electrons. The van der Waals surface area contributed by atoms with Crippen LogP contribution < -0.4 is 10.6 Å². The highest BCUT2D eigenvalue weighted by molar-refractivity contribution is 6.09. The van der Waals surface area contributed by atoms with Crippen LogP contribution in [-0.2, 0) is 16.0 Å². The van der Waals surface area contributed by atoms with E-state index in [-0.39, 0.29) is 22.6 Å². The molecule has 0 aliphatic heterocycles. The van der Waals surface area contributed by atoms with Gasteiger partial charge >= 0.3 is 5.97 Å². The zero-order valence-corrected chi connectivity index (χ0v) is 16.8. The Bertz CT molecular complexity index is 951. The molecule has 2 N–H and O–H groups in total. The van der Waals surface area contributed by atoms with E-state index in [1.54, 1.807) is 36.4 Å². The Balaban J connectivity index is 1.97. The van der Waals surface area contributed by atoms with E-state index in [2.05, 4.69) is 10.6 Å². The minimum atomic E-state index is -0.649. The second-order valence-corrected chi connectivity index (χ2v) is 6.49. The van der Waals surface area contributed by atoms with Crippen molar-refractivity contribution in [2.45, 2.75) is 26.2 Å². The SMILES string of the molecule is CCCCOC(=O)c1ccccc1NC(=O)/C(C#N)=C\NCCc1cccc(F)c1. The Morgan fingerprint density at radius 1 is 1.20 bits per heavy atom. The van der Waals surface area contributed by atoms with Crippen molar-refractivity contribution in [2.24, 2.45) is 0 Å². The number of carbonyl (C=O) groups excluding carboxylic acids is 2. The first kappa shape index (κ1) is 22.6. The van der Waals surface area contributed by atoms with Crippen molar-refractivity contribution in [3.05, 3.63) is 77.2 Å². The van der Waals surface area contributed by atoms with Gasteiger partial charge in [-0.1, -0.05) is 37.6 Å². The minimum Gasteiger partial charge on any atom is -0.462 e. The monoisotopic (exact) mass is 409 g/mol. The van der Waals surface area contributed by atoms with Gasteiger partial charge in [-0.2, -0.15) is 5.26 Å². The zero-order chi connectivity index (χ0) is 21.8. The van der Waals surface area contributed by atoms with Gasteiger partial charge < -0.3 is 15.4 Å². The number of nitrogens with zero attached hydrogens (tertiary/aromatic N) is 1. The Hall–Kier alpha value is -3.66. The van der Waals surface area contributed by atoms with Gasteiger partial charge in [0.1, 0.15) is 17.5 Å². The minimum absolute atomic E-state index is 0.150. The second-order valence-electron chi connectivity index (χ2n) is 6.49. The van der Waals surface area contributed by atoms with Crippen molar-refractivity contribution < 1.29 is 18.7 Å². The summed E-state index contributed by atoms with van der Waals surface area (Å²) < 4.78 is 18.4. The lowest BCUT2D eigenvalue weighted by Gasteiger charge is -2.10. The van der Waals surface area contributed by atoms with Gasteiger partial charge in [-0.05, 0) is 42.7 Å². The molecule has 0 fully saturated rings.